The molecule has 2 heteroatoms. The van der Waals surface area contributed by atoms with Crippen molar-refractivity contribution in [3.63, 3.8) is 0 Å². The molecule has 0 aliphatic carbocycles. The lowest BCUT2D eigenvalue weighted by atomic mass is 10.0. The normalized spacial score (nSPS) is 10.3. The lowest BCUT2D eigenvalue weighted by Crippen LogP contribution is -2.10. The van der Waals surface area contributed by atoms with E-state index in [0.717, 1.165) is 36.8 Å². The second-order valence-electron chi connectivity index (χ2n) is 5.49. The number of carbonyl (C=O) groups excluding carboxylic acids is 1. The Hall–Kier alpha value is -0.790. The largest absolute Gasteiger partial charge is 0.462 e. The highest BCUT2D eigenvalue weighted by Crippen LogP contribution is 2.14. The van der Waals surface area contributed by atoms with E-state index in [4.69, 9.17) is 4.74 Å². The second-order valence-corrected chi connectivity index (χ2v) is 5.49. The van der Waals surface area contributed by atoms with Gasteiger partial charge in [-0.1, -0.05) is 57.9 Å². The van der Waals surface area contributed by atoms with Crippen LogP contribution < -0.4 is 0 Å². The van der Waals surface area contributed by atoms with Crippen LogP contribution in [0.2, 0.25) is 0 Å². The highest BCUT2D eigenvalue weighted by molar-refractivity contribution is 5.89. The third kappa shape index (κ3) is 9.75. The molecule has 0 spiro atoms. The Labute approximate surface area is 119 Å². The summed E-state index contributed by atoms with van der Waals surface area (Å²) in [5, 5.41) is 0. The standard InChI is InChI=1S/C17H32O2/c1-5-7-9-10-11-12-14-19-17(18)16(15(3)4)13-8-6-2/h5-14H2,1-4H3. The summed E-state index contributed by atoms with van der Waals surface area (Å²) in [7, 11) is 0. The quantitative estimate of drug-likeness (QED) is 0.284. The van der Waals surface area contributed by atoms with Crippen molar-refractivity contribution < 1.29 is 9.53 Å². The van der Waals surface area contributed by atoms with E-state index < -0.39 is 0 Å². The zero-order valence-electron chi connectivity index (χ0n) is 13.4. The van der Waals surface area contributed by atoms with Crippen LogP contribution in [0.25, 0.3) is 0 Å². The summed E-state index contributed by atoms with van der Waals surface area (Å²) in [5.41, 5.74) is 1.98. The van der Waals surface area contributed by atoms with E-state index >= 15 is 0 Å². The molecular weight excluding hydrogens is 236 g/mol. The van der Waals surface area contributed by atoms with Gasteiger partial charge in [0.05, 0.1) is 6.61 Å². The summed E-state index contributed by atoms with van der Waals surface area (Å²) in [6, 6.07) is 0. The first-order valence-electron chi connectivity index (χ1n) is 7.96. The fourth-order valence-corrected chi connectivity index (χ4v) is 2.04. The van der Waals surface area contributed by atoms with Gasteiger partial charge >= 0.3 is 5.97 Å². The fraction of sp³-hybridized carbons (Fsp3) is 0.824. The number of carbonyl (C=O) groups is 1. The van der Waals surface area contributed by atoms with Gasteiger partial charge in [0, 0.05) is 5.57 Å². The van der Waals surface area contributed by atoms with E-state index in [-0.39, 0.29) is 5.97 Å². The molecule has 0 rings (SSSR count). The number of allylic oxidation sites excluding steroid dienone is 1. The van der Waals surface area contributed by atoms with Crippen molar-refractivity contribution in [3.05, 3.63) is 11.1 Å². The summed E-state index contributed by atoms with van der Waals surface area (Å²) >= 11 is 0. The Balaban J connectivity index is 3.79. The Morgan fingerprint density at radius 1 is 0.842 bits per heavy atom. The Morgan fingerprint density at radius 2 is 1.42 bits per heavy atom. The first-order chi connectivity index (χ1) is 9.13. The van der Waals surface area contributed by atoms with E-state index in [0.29, 0.717) is 6.61 Å². The molecule has 0 saturated carbocycles. The van der Waals surface area contributed by atoms with Crippen LogP contribution >= 0.6 is 0 Å². The number of hydrogen-bond acceptors (Lipinski definition) is 2. The Bertz CT molecular complexity index is 262. The molecule has 0 radical (unpaired) electrons. The maximum absolute atomic E-state index is 11.9. The van der Waals surface area contributed by atoms with E-state index in [1.165, 1.54) is 32.1 Å². The van der Waals surface area contributed by atoms with Crippen LogP contribution in [0, 0.1) is 0 Å². The van der Waals surface area contributed by atoms with E-state index in [1.807, 2.05) is 13.8 Å². The lowest BCUT2D eigenvalue weighted by molar-refractivity contribution is -0.139. The zero-order valence-corrected chi connectivity index (χ0v) is 13.4. The van der Waals surface area contributed by atoms with Gasteiger partial charge in [0.25, 0.3) is 0 Å². The van der Waals surface area contributed by atoms with Gasteiger partial charge in [-0.2, -0.15) is 0 Å². The smallest absolute Gasteiger partial charge is 0.333 e. The van der Waals surface area contributed by atoms with Gasteiger partial charge in [-0.15, -0.1) is 0 Å². The molecule has 0 aromatic carbocycles. The third-order valence-corrected chi connectivity index (χ3v) is 3.36. The molecular formula is C17H32O2. The van der Waals surface area contributed by atoms with Crippen LogP contribution in [0.4, 0.5) is 0 Å². The minimum Gasteiger partial charge on any atom is -0.462 e. The molecule has 0 unspecified atom stereocenters. The third-order valence-electron chi connectivity index (χ3n) is 3.36. The number of ether oxygens (including phenoxy) is 1. The van der Waals surface area contributed by atoms with Gasteiger partial charge in [-0.3, -0.25) is 0 Å². The number of unbranched alkanes of at least 4 members (excludes halogenated alkanes) is 6. The predicted molar refractivity (Wildman–Crippen MR) is 82.2 cm³/mol. The van der Waals surface area contributed by atoms with Crippen LogP contribution in [0.5, 0.6) is 0 Å². The molecule has 0 aromatic rings. The van der Waals surface area contributed by atoms with Crippen LogP contribution in [0.1, 0.15) is 85.5 Å². The van der Waals surface area contributed by atoms with Crippen LogP contribution in [0.15, 0.2) is 11.1 Å². The highest BCUT2D eigenvalue weighted by Gasteiger charge is 2.11. The predicted octanol–water partition coefficient (Wildman–Crippen LogP) is 5.42. The van der Waals surface area contributed by atoms with Gasteiger partial charge in [0.15, 0.2) is 0 Å². The topological polar surface area (TPSA) is 26.3 Å². The minimum atomic E-state index is -0.0954. The molecule has 0 aliphatic rings. The molecule has 0 bridgehead atoms. The Morgan fingerprint density at radius 3 is 2.00 bits per heavy atom. The summed E-state index contributed by atoms with van der Waals surface area (Å²) < 4.78 is 5.37. The SMILES string of the molecule is CCCCCCCCOC(=O)C(CCCC)=C(C)C. The lowest BCUT2D eigenvalue weighted by Gasteiger charge is -2.10. The molecule has 0 N–H and O–H groups in total. The first kappa shape index (κ1) is 18.2. The average molecular weight is 268 g/mol. The van der Waals surface area contributed by atoms with E-state index in [2.05, 4.69) is 13.8 Å². The van der Waals surface area contributed by atoms with E-state index in [1.54, 1.807) is 0 Å². The van der Waals surface area contributed by atoms with Crippen LogP contribution in [-0.2, 0) is 9.53 Å². The molecule has 0 amide bonds. The fourth-order valence-electron chi connectivity index (χ4n) is 2.04. The van der Waals surface area contributed by atoms with Gasteiger partial charge in [0.1, 0.15) is 0 Å². The summed E-state index contributed by atoms with van der Waals surface area (Å²) in [5.74, 6) is -0.0954. The van der Waals surface area contributed by atoms with Gasteiger partial charge in [0.2, 0.25) is 0 Å². The minimum absolute atomic E-state index is 0.0954. The van der Waals surface area contributed by atoms with Crippen LogP contribution in [-0.4, -0.2) is 12.6 Å². The molecule has 0 saturated heterocycles. The van der Waals surface area contributed by atoms with Crippen molar-refractivity contribution in [3.8, 4) is 0 Å². The second kappa shape index (κ2) is 12.3. The van der Waals surface area contributed by atoms with Crippen molar-refractivity contribution in [2.45, 2.75) is 85.5 Å². The summed E-state index contributed by atoms with van der Waals surface area (Å²) in [6.45, 7) is 8.94. The van der Waals surface area contributed by atoms with Crippen molar-refractivity contribution in [2.75, 3.05) is 6.61 Å². The van der Waals surface area contributed by atoms with Gasteiger partial charge < -0.3 is 4.74 Å². The first-order valence-corrected chi connectivity index (χ1v) is 7.96. The molecule has 0 atom stereocenters. The van der Waals surface area contributed by atoms with Crippen molar-refractivity contribution >= 4 is 5.97 Å². The van der Waals surface area contributed by atoms with E-state index in [9.17, 15) is 4.79 Å². The van der Waals surface area contributed by atoms with Crippen molar-refractivity contribution in [1.82, 2.24) is 0 Å². The average Bonchev–Trinajstić information content (AvgIpc) is 2.37. The van der Waals surface area contributed by atoms with Gasteiger partial charge in [-0.05, 0) is 33.1 Å². The summed E-state index contributed by atoms with van der Waals surface area (Å²) in [6.07, 6.45) is 10.4. The summed E-state index contributed by atoms with van der Waals surface area (Å²) in [4.78, 5) is 11.9. The Kier molecular flexibility index (Phi) is 11.7. The molecule has 0 heterocycles. The highest BCUT2D eigenvalue weighted by atomic mass is 16.5. The molecule has 2 nitrogen and oxygen atoms in total. The molecule has 112 valence electrons. The zero-order chi connectivity index (χ0) is 14.5. The van der Waals surface area contributed by atoms with Gasteiger partial charge in [-0.25, -0.2) is 4.79 Å². The molecule has 0 aliphatic heterocycles. The van der Waals surface area contributed by atoms with Crippen LogP contribution in [0.3, 0.4) is 0 Å². The molecule has 0 aromatic heterocycles. The number of hydrogen-bond donors (Lipinski definition) is 0. The maximum Gasteiger partial charge on any atom is 0.333 e. The van der Waals surface area contributed by atoms with Crippen molar-refractivity contribution in [1.29, 1.82) is 0 Å². The maximum atomic E-state index is 11.9. The monoisotopic (exact) mass is 268 g/mol. The number of esters is 1. The molecule has 19 heavy (non-hydrogen) atoms. The van der Waals surface area contributed by atoms with Crippen molar-refractivity contribution in [2.24, 2.45) is 0 Å². The number of rotatable bonds is 11. The molecule has 0 fully saturated rings.